The summed E-state index contributed by atoms with van der Waals surface area (Å²) in [6.45, 7) is 0. The van der Waals surface area contributed by atoms with Crippen LogP contribution in [-0.2, 0) is 11.2 Å². The van der Waals surface area contributed by atoms with Crippen molar-refractivity contribution in [3.05, 3.63) is 48.5 Å². The van der Waals surface area contributed by atoms with E-state index in [-0.39, 0.29) is 5.91 Å². The van der Waals surface area contributed by atoms with Gasteiger partial charge < -0.3 is 5.32 Å². The molecule has 0 unspecified atom stereocenters. The molecule has 6 heteroatoms. The van der Waals surface area contributed by atoms with Crippen molar-refractivity contribution in [2.75, 3.05) is 5.32 Å². The van der Waals surface area contributed by atoms with Gasteiger partial charge in [-0.15, -0.1) is 11.3 Å². The summed E-state index contributed by atoms with van der Waals surface area (Å²) < 4.78 is 1.96. The number of halogens is 3. The summed E-state index contributed by atoms with van der Waals surface area (Å²) in [6.07, 6.45) is 0.313. The maximum atomic E-state index is 11.9. The van der Waals surface area contributed by atoms with Gasteiger partial charge in [0.1, 0.15) is 0 Å². The minimum Gasteiger partial charge on any atom is -0.324 e. The Kier molecular flexibility index (Phi) is 4.84. The topological polar surface area (TPSA) is 29.1 Å². The van der Waals surface area contributed by atoms with E-state index in [0.29, 0.717) is 17.1 Å². The molecule has 0 aliphatic rings. The Morgan fingerprint density at radius 3 is 2.67 bits per heavy atom. The number of benzene rings is 1. The molecule has 0 atom stereocenters. The molecule has 2 aromatic rings. The number of hydrogen-bond acceptors (Lipinski definition) is 2. The molecule has 0 spiro atoms. The molecular weight excluding hydrogens is 401 g/mol. The average molecular weight is 410 g/mol. The second-order valence-electron chi connectivity index (χ2n) is 3.55. The summed E-state index contributed by atoms with van der Waals surface area (Å²) in [7, 11) is 0. The van der Waals surface area contributed by atoms with Crippen LogP contribution in [0.15, 0.2) is 37.9 Å². The van der Waals surface area contributed by atoms with Crippen LogP contribution in [0.25, 0.3) is 0 Å². The molecule has 0 bridgehead atoms. The van der Waals surface area contributed by atoms with Crippen molar-refractivity contribution in [2.24, 2.45) is 0 Å². The Labute approximate surface area is 131 Å². The van der Waals surface area contributed by atoms with Crippen molar-refractivity contribution < 1.29 is 4.79 Å². The fraction of sp³-hybridized carbons (Fsp3) is 0.0833. The summed E-state index contributed by atoms with van der Waals surface area (Å²) in [5.74, 6) is -0.0888. The van der Waals surface area contributed by atoms with Crippen molar-refractivity contribution in [3.63, 3.8) is 0 Å². The molecule has 1 aromatic heterocycles. The third kappa shape index (κ3) is 3.57. The first-order valence-electron chi connectivity index (χ1n) is 5.04. The second kappa shape index (κ2) is 6.19. The minimum absolute atomic E-state index is 0.0888. The van der Waals surface area contributed by atoms with Crippen molar-refractivity contribution in [3.8, 4) is 0 Å². The van der Waals surface area contributed by atoms with Gasteiger partial charge in [0.2, 0.25) is 5.91 Å². The number of hydrogen-bond donors (Lipinski definition) is 1. The fourth-order valence-corrected chi connectivity index (χ4v) is 4.43. The van der Waals surface area contributed by atoms with E-state index in [0.717, 1.165) is 13.1 Å². The maximum absolute atomic E-state index is 11.9. The lowest BCUT2D eigenvalue weighted by Gasteiger charge is -2.06. The van der Waals surface area contributed by atoms with Gasteiger partial charge in [-0.1, -0.05) is 23.7 Å². The number of rotatable bonds is 3. The first-order valence-corrected chi connectivity index (χ1v) is 7.82. The maximum Gasteiger partial charge on any atom is 0.228 e. The molecule has 1 heterocycles. The summed E-state index contributed by atoms with van der Waals surface area (Å²) >= 11 is 14.3. The zero-order valence-electron chi connectivity index (χ0n) is 9.04. The number of amides is 1. The Morgan fingerprint density at radius 1 is 1.33 bits per heavy atom. The van der Waals surface area contributed by atoms with E-state index in [1.165, 1.54) is 0 Å². The highest BCUT2D eigenvalue weighted by atomic mass is 79.9. The third-order valence-electron chi connectivity index (χ3n) is 2.23. The van der Waals surface area contributed by atoms with E-state index in [2.05, 4.69) is 37.2 Å². The molecular formula is C12H8Br2ClNOS. The van der Waals surface area contributed by atoms with Gasteiger partial charge in [-0.05, 0) is 55.6 Å². The van der Waals surface area contributed by atoms with E-state index in [4.69, 9.17) is 11.6 Å². The molecule has 0 radical (unpaired) electrons. The highest BCUT2D eigenvalue weighted by molar-refractivity contribution is 9.12. The van der Waals surface area contributed by atoms with E-state index in [9.17, 15) is 4.79 Å². The summed E-state index contributed by atoms with van der Waals surface area (Å²) in [6, 6.07) is 9.11. The SMILES string of the molecule is O=C(Cc1cc(Br)sc1Br)Nc1ccccc1Cl. The first-order chi connectivity index (χ1) is 8.56. The quantitative estimate of drug-likeness (QED) is 0.750. The van der Waals surface area contributed by atoms with Gasteiger partial charge in [0.05, 0.1) is 24.7 Å². The summed E-state index contributed by atoms with van der Waals surface area (Å²) in [5.41, 5.74) is 1.59. The predicted octanol–water partition coefficient (Wildman–Crippen LogP) is 5.11. The zero-order valence-corrected chi connectivity index (χ0v) is 13.8. The van der Waals surface area contributed by atoms with Gasteiger partial charge in [-0.3, -0.25) is 4.79 Å². The van der Waals surface area contributed by atoms with Gasteiger partial charge in [0.15, 0.2) is 0 Å². The monoisotopic (exact) mass is 407 g/mol. The minimum atomic E-state index is -0.0888. The molecule has 2 nitrogen and oxygen atoms in total. The van der Waals surface area contributed by atoms with Gasteiger partial charge >= 0.3 is 0 Å². The standard InChI is InChI=1S/C12H8Br2ClNOS/c13-10-5-7(12(14)18-10)6-11(17)16-9-4-2-1-3-8(9)15/h1-5H,6H2,(H,16,17). The smallest absolute Gasteiger partial charge is 0.228 e. The van der Waals surface area contributed by atoms with E-state index in [1.807, 2.05) is 18.2 Å². The predicted molar refractivity (Wildman–Crippen MR) is 83.5 cm³/mol. The molecule has 0 saturated carbocycles. The number of anilines is 1. The van der Waals surface area contributed by atoms with Crippen LogP contribution in [0, 0.1) is 0 Å². The highest BCUT2D eigenvalue weighted by Crippen LogP contribution is 2.32. The van der Waals surface area contributed by atoms with Crippen LogP contribution in [-0.4, -0.2) is 5.91 Å². The highest BCUT2D eigenvalue weighted by Gasteiger charge is 2.11. The van der Waals surface area contributed by atoms with Crippen LogP contribution in [0.4, 0.5) is 5.69 Å². The van der Waals surface area contributed by atoms with E-state index in [1.54, 1.807) is 23.5 Å². The van der Waals surface area contributed by atoms with Crippen LogP contribution in [0.2, 0.25) is 5.02 Å². The van der Waals surface area contributed by atoms with Crippen LogP contribution in [0.3, 0.4) is 0 Å². The van der Waals surface area contributed by atoms with Crippen LogP contribution in [0.1, 0.15) is 5.56 Å². The lowest BCUT2D eigenvalue weighted by atomic mass is 10.2. The third-order valence-corrected chi connectivity index (χ3v) is 5.02. The van der Waals surface area contributed by atoms with E-state index >= 15 is 0 Å². The van der Waals surface area contributed by atoms with Gasteiger partial charge in [0, 0.05) is 0 Å². The molecule has 1 amide bonds. The van der Waals surface area contributed by atoms with Crippen LogP contribution < -0.4 is 5.32 Å². The molecule has 1 N–H and O–H groups in total. The lowest BCUT2D eigenvalue weighted by Crippen LogP contribution is -2.14. The van der Waals surface area contributed by atoms with Crippen molar-refractivity contribution in [2.45, 2.75) is 6.42 Å². The van der Waals surface area contributed by atoms with Crippen LogP contribution >= 0.6 is 54.8 Å². The van der Waals surface area contributed by atoms with Gasteiger partial charge in [-0.2, -0.15) is 0 Å². The number of carbonyl (C=O) groups is 1. The molecule has 1 aromatic carbocycles. The second-order valence-corrected chi connectivity index (χ2v) is 7.71. The van der Waals surface area contributed by atoms with Gasteiger partial charge in [0.25, 0.3) is 0 Å². The number of thiophene rings is 1. The van der Waals surface area contributed by atoms with Crippen molar-refractivity contribution in [1.82, 2.24) is 0 Å². The van der Waals surface area contributed by atoms with Crippen molar-refractivity contribution >= 4 is 66.4 Å². The normalized spacial score (nSPS) is 10.4. The zero-order chi connectivity index (χ0) is 13.1. The fourth-order valence-electron chi connectivity index (χ4n) is 1.42. The van der Waals surface area contributed by atoms with E-state index < -0.39 is 0 Å². The molecule has 0 saturated heterocycles. The molecule has 0 aliphatic heterocycles. The Balaban J connectivity index is 2.06. The number of carbonyl (C=O) groups excluding carboxylic acids is 1. The molecule has 94 valence electrons. The lowest BCUT2D eigenvalue weighted by molar-refractivity contribution is -0.115. The Bertz CT molecular complexity index is 585. The number of para-hydroxylation sites is 1. The van der Waals surface area contributed by atoms with Gasteiger partial charge in [-0.25, -0.2) is 0 Å². The summed E-state index contributed by atoms with van der Waals surface area (Å²) in [5, 5.41) is 3.33. The Hall–Kier alpha value is -0.360. The molecule has 2 rings (SSSR count). The Morgan fingerprint density at radius 2 is 2.06 bits per heavy atom. The molecule has 18 heavy (non-hydrogen) atoms. The van der Waals surface area contributed by atoms with Crippen LogP contribution in [0.5, 0.6) is 0 Å². The number of nitrogens with one attached hydrogen (secondary N) is 1. The molecule has 0 fully saturated rings. The van der Waals surface area contributed by atoms with Crippen molar-refractivity contribution in [1.29, 1.82) is 0 Å². The average Bonchev–Trinajstić information content (AvgIpc) is 2.61. The first kappa shape index (κ1) is 14.1. The molecule has 0 aliphatic carbocycles. The summed E-state index contributed by atoms with van der Waals surface area (Å²) in [4.78, 5) is 11.9. The largest absolute Gasteiger partial charge is 0.324 e.